The van der Waals surface area contributed by atoms with Crippen molar-refractivity contribution in [1.82, 2.24) is 9.36 Å². The molecule has 1 aliphatic rings. The molecule has 1 aromatic rings. The van der Waals surface area contributed by atoms with Gasteiger partial charge in [0.2, 0.25) is 0 Å². The van der Waals surface area contributed by atoms with E-state index in [9.17, 15) is 0 Å². The zero-order valence-electron chi connectivity index (χ0n) is 10.1. The van der Waals surface area contributed by atoms with Crippen molar-refractivity contribution in [3.05, 3.63) is 5.01 Å². The van der Waals surface area contributed by atoms with Crippen LogP contribution in [0, 0.1) is 5.92 Å². The van der Waals surface area contributed by atoms with Gasteiger partial charge < -0.3 is 4.74 Å². The van der Waals surface area contributed by atoms with Crippen molar-refractivity contribution < 1.29 is 4.74 Å². The molecule has 0 saturated heterocycles. The summed E-state index contributed by atoms with van der Waals surface area (Å²) in [6, 6.07) is 0.583. The van der Waals surface area contributed by atoms with E-state index in [0.29, 0.717) is 11.9 Å². The number of hydrogen-bond donors (Lipinski definition) is 0. The summed E-state index contributed by atoms with van der Waals surface area (Å²) >= 11 is 1.52. The zero-order valence-corrected chi connectivity index (χ0v) is 10.9. The number of aromatic nitrogens is 2. The highest BCUT2D eigenvalue weighted by Crippen LogP contribution is 2.38. The van der Waals surface area contributed by atoms with Crippen LogP contribution in [0.3, 0.4) is 0 Å². The van der Waals surface area contributed by atoms with Gasteiger partial charge in [-0.05, 0) is 30.3 Å². The minimum Gasteiger partial charge on any atom is -0.463 e. The van der Waals surface area contributed by atoms with E-state index in [2.05, 4.69) is 23.2 Å². The molecule has 0 spiro atoms. The summed E-state index contributed by atoms with van der Waals surface area (Å²) in [5, 5.41) is 1.18. The van der Waals surface area contributed by atoms with Crippen LogP contribution in [0.1, 0.15) is 56.9 Å². The summed E-state index contributed by atoms with van der Waals surface area (Å²) < 4.78 is 9.72. The van der Waals surface area contributed by atoms with Crippen LogP contribution in [0.25, 0.3) is 0 Å². The van der Waals surface area contributed by atoms with Crippen LogP contribution in [0.15, 0.2) is 0 Å². The number of hydrogen-bond acceptors (Lipinski definition) is 4. The first-order chi connectivity index (χ1) is 7.81. The molecule has 3 nitrogen and oxygen atoms in total. The summed E-state index contributed by atoms with van der Waals surface area (Å²) in [6.45, 7) is 5.14. The van der Waals surface area contributed by atoms with Gasteiger partial charge in [0.05, 0.1) is 6.61 Å². The normalized spacial score (nSPS) is 25.6. The Balaban J connectivity index is 1.99. The Bertz CT molecular complexity index is 327. The number of ether oxygens (including phenoxy) is 1. The van der Waals surface area contributed by atoms with Gasteiger partial charge in [0.15, 0.2) is 0 Å². The lowest BCUT2D eigenvalue weighted by Gasteiger charge is -2.26. The summed E-state index contributed by atoms with van der Waals surface area (Å²) in [5.74, 6) is 1.37. The van der Waals surface area contributed by atoms with Gasteiger partial charge in [-0.15, -0.1) is 4.37 Å². The quantitative estimate of drug-likeness (QED) is 0.806. The lowest BCUT2D eigenvalue weighted by molar-refractivity contribution is 0.291. The van der Waals surface area contributed by atoms with E-state index < -0.39 is 0 Å². The molecule has 1 heterocycles. The molecule has 1 fully saturated rings. The third kappa shape index (κ3) is 2.73. The third-order valence-corrected chi connectivity index (χ3v) is 4.12. The van der Waals surface area contributed by atoms with Crippen LogP contribution in [-0.2, 0) is 0 Å². The predicted octanol–water partition coefficient (Wildman–Crippen LogP) is 3.62. The van der Waals surface area contributed by atoms with E-state index in [4.69, 9.17) is 4.74 Å². The monoisotopic (exact) mass is 240 g/mol. The molecule has 2 rings (SSSR count). The van der Waals surface area contributed by atoms with Gasteiger partial charge >= 0.3 is 6.01 Å². The fourth-order valence-electron chi connectivity index (χ4n) is 2.31. The highest BCUT2D eigenvalue weighted by molar-refractivity contribution is 7.05. The fraction of sp³-hybridized carbons (Fsp3) is 0.833. The van der Waals surface area contributed by atoms with Crippen LogP contribution >= 0.6 is 11.5 Å². The lowest BCUT2D eigenvalue weighted by atomic mass is 9.81. The Labute approximate surface area is 101 Å². The van der Waals surface area contributed by atoms with Crippen molar-refractivity contribution in [2.75, 3.05) is 6.61 Å². The highest BCUT2D eigenvalue weighted by Gasteiger charge is 2.26. The predicted molar refractivity (Wildman–Crippen MR) is 66.1 cm³/mol. The molecular formula is C12H20N2OS. The van der Waals surface area contributed by atoms with Crippen LogP contribution < -0.4 is 4.74 Å². The Morgan fingerprint density at radius 2 is 2.19 bits per heavy atom. The molecule has 2 unspecified atom stereocenters. The molecule has 1 aromatic heterocycles. The van der Waals surface area contributed by atoms with E-state index in [0.717, 1.165) is 18.9 Å². The standard InChI is InChI=1S/C12H20N2OS/c1-3-8-15-12-13-11(16-14-12)10-7-5-4-6-9(10)2/h9-10H,3-8H2,1-2H3. The second kappa shape index (κ2) is 5.62. The Morgan fingerprint density at radius 3 is 2.94 bits per heavy atom. The van der Waals surface area contributed by atoms with Gasteiger partial charge in [-0.3, -0.25) is 0 Å². The average Bonchev–Trinajstić information content (AvgIpc) is 2.75. The van der Waals surface area contributed by atoms with Crippen molar-refractivity contribution >= 4 is 11.5 Å². The molecule has 0 bridgehead atoms. The largest absolute Gasteiger partial charge is 0.463 e. The molecule has 90 valence electrons. The van der Waals surface area contributed by atoms with Gasteiger partial charge in [0.25, 0.3) is 0 Å². The first-order valence-corrected chi connectivity index (χ1v) is 7.05. The first kappa shape index (κ1) is 11.8. The van der Waals surface area contributed by atoms with Gasteiger partial charge in [0.1, 0.15) is 5.01 Å². The van der Waals surface area contributed by atoms with Gasteiger partial charge in [-0.1, -0.05) is 33.1 Å². The molecule has 2 atom stereocenters. The molecule has 0 aliphatic heterocycles. The summed E-state index contributed by atoms with van der Waals surface area (Å²) in [6.07, 6.45) is 6.31. The second-order valence-electron chi connectivity index (χ2n) is 4.63. The van der Waals surface area contributed by atoms with Crippen molar-refractivity contribution in [1.29, 1.82) is 0 Å². The lowest BCUT2D eigenvalue weighted by Crippen LogP contribution is -2.14. The van der Waals surface area contributed by atoms with Crippen molar-refractivity contribution in [2.45, 2.75) is 51.9 Å². The molecule has 0 amide bonds. The van der Waals surface area contributed by atoms with Gasteiger partial charge in [-0.2, -0.15) is 4.98 Å². The topological polar surface area (TPSA) is 35.0 Å². The summed E-state index contributed by atoms with van der Waals surface area (Å²) in [7, 11) is 0. The zero-order chi connectivity index (χ0) is 11.4. The number of rotatable bonds is 4. The smallest absolute Gasteiger partial charge is 0.328 e. The van der Waals surface area contributed by atoms with E-state index in [-0.39, 0.29) is 0 Å². The molecule has 16 heavy (non-hydrogen) atoms. The van der Waals surface area contributed by atoms with Crippen LogP contribution in [0.2, 0.25) is 0 Å². The first-order valence-electron chi connectivity index (χ1n) is 6.27. The summed E-state index contributed by atoms with van der Waals surface area (Å²) in [5.41, 5.74) is 0. The highest BCUT2D eigenvalue weighted by atomic mass is 32.1. The average molecular weight is 240 g/mol. The van der Waals surface area contributed by atoms with E-state index >= 15 is 0 Å². The maximum absolute atomic E-state index is 5.45. The second-order valence-corrected chi connectivity index (χ2v) is 5.42. The minimum atomic E-state index is 0.583. The van der Waals surface area contributed by atoms with E-state index in [1.807, 2.05) is 0 Å². The molecule has 0 radical (unpaired) electrons. The van der Waals surface area contributed by atoms with E-state index in [1.165, 1.54) is 42.2 Å². The third-order valence-electron chi connectivity index (χ3n) is 3.29. The maximum Gasteiger partial charge on any atom is 0.328 e. The van der Waals surface area contributed by atoms with Crippen LogP contribution in [0.4, 0.5) is 0 Å². The molecule has 1 saturated carbocycles. The fourth-order valence-corrected chi connectivity index (χ4v) is 3.18. The Kier molecular flexibility index (Phi) is 4.16. The van der Waals surface area contributed by atoms with Crippen LogP contribution in [0.5, 0.6) is 6.01 Å². The summed E-state index contributed by atoms with van der Waals surface area (Å²) in [4.78, 5) is 4.51. The molecule has 0 aromatic carbocycles. The Morgan fingerprint density at radius 1 is 1.38 bits per heavy atom. The molecular weight excluding hydrogens is 220 g/mol. The Hall–Kier alpha value is -0.640. The number of nitrogens with zero attached hydrogens (tertiary/aromatic N) is 2. The SMILES string of the molecule is CCCOc1nsc(C2CCCCC2C)n1. The maximum atomic E-state index is 5.45. The molecule has 1 aliphatic carbocycles. The van der Waals surface area contributed by atoms with Crippen molar-refractivity contribution in [2.24, 2.45) is 5.92 Å². The molecule has 4 heteroatoms. The molecule has 0 N–H and O–H groups in total. The minimum absolute atomic E-state index is 0.583. The van der Waals surface area contributed by atoms with E-state index in [1.54, 1.807) is 0 Å². The van der Waals surface area contributed by atoms with Crippen molar-refractivity contribution in [3.63, 3.8) is 0 Å². The van der Waals surface area contributed by atoms with Crippen molar-refractivity contribution in [3.8, 4) is 6.01 Å². The van der Waals surface area contributed by atoms with Gasteiger partial charge in [0, 0.05) is 5.92 Å². The van der Waals surface area contributed by atoms with Crippen LogP contribution in [-0.4, -0.2) is 16.0 Å². The van der Waals surface area contributed by atoms with Gasteiger partial charge in [-0.25, -0.2) is 0 Å².